The van der Waals surface area contributed by atoms with Gasteiger partial charge in [0.1, 0.15) is 0 Å². The molecule has 0 radical (unpaired) electrons. The third-order valence-electron chi connectivity index (χ3n) is 1.46. The van der Waals surface area contributed by atoms with Crippen molar-refractivity contribution in [3.8, 4) is 0 Å². The molecule has 1 rings (SSSR count). The molecular formula is C8H12. The van der Waals surface area contributed by atoms with Gasteiger partial charge in [-0.1, -0.05) is 31.6 Å². The fourth-order valence-corrected chi connectivity index (χ4v) is 0.846. The van der Waals surface area contributed by atoms with E-state index in [-0.39, 0.29) is 0 Å². The first-order chi connectivity index (χ1) is 3.70. The maximum Gasteiger partial charge on any atom is -0.0219 e. The van der Waals surface area contributed by atoms with Crippen molar-refractivity contribution < 1.29 is 0 Å². The van der Waals surface area contributed by atoms with Gasteiger partial charge in [-0.3, -0.25) is 0 Å². The fraction of sp³-hybridized carbons (Fsp3) is 0.500. The lowest BCUT2D eigenvalue weighted by Crippen LogP contribution is -1.98. The van der Waals surface area contributed by atoms with E-state index < -0.39 is 0 Å². The molecule has 0 aromatic carbocycles. The van der Waals surface area contributed by atoms with Crippen LogP contribution in [0, 0.1) is 5.92 Å². The lowest BCUT2D eigenvalue weighted by atomic mass is 9.92. The van der Waals surface area contributed by atoms with Crippen LogP contribution in [-0.4, -0.2) is 0 Å². The first-order valence-electron chi connectivity index (χ1n) is 3.10. The maximum atomic E-state index is 2.24. The van der Waals surface area contributed by atoms with E-state index in [0.717, 1.165) is 5.92 Å². The minimum Gasteiger partial charge on any atom is -0.0587 e. The third-order valence-corrected chi connectivity index (χ3v) is 1.46. The Hall–Kier alpha value is -0.520. The van der Waals surface area contributed by atoms with E-state index in [0.29, 0.717) is 0 Å². The van der Waals surface area contributed by atoms with Crippen LogP contribution in [0.3, 0.4) is 0 Å². The van der Waals surface area contributed by atoms with Gasteiger partial charge in [0.2, 0.25) is 0 Å². The van der Waals surface area contributed by atoms with Crippen molar-refractivity contribution in [2.45, 2.75) is 20.8 Å². The number of hydrogen-bond donors (Lipinski definition) is 0. The molecule has 0 aromatic heterocycles. The zero-order valence-corrected chi connectivity index (χ0v) is 5.73. The van der Waals surface area contributed by atoms with E-state index >= 15 is 0 Å². The van der Waals surface area contributed by atoms with Crippen molar-refractivity contribution in [2.24, 2.45) is 5.92 Å². The highest BCUT2D eigenvalue weighted by molar-refractivity contribution is 5.43. The highest BCUT2D eigenvalue weighted by atomic mass is 14.1. The highest BCUT2D eigenvalue weighted by Gasteiger charge is 2.05. The predicted octanol–water partition coefficient (Wildman–Crippen LogP) is 2.53. The Morgan fingerprint density at radius 2 is 1.75 bits per heavy atom. The zero-order valence-electron chi connectivity index (χ0n) is 5.73. The van der Waals surface area contributed by atoms with Crippen LogP contribution in [0.4, 0.5) is 0 Å². The van der Waals surface area contributed by atoms with Gasteiger partial charge in [0.25, 0.3) is 0 Å². The Bertz CT molecular complexity index is 147. The Morgan fingerprint density at radius 1 is 1.25 bits per heavy atom. The molecule has 0 saturated heterocycles. The Kier molecular flexibility index (Phi) is 1.24. The molecule has 1 aliphatic carbocycles. The summed E-state index contributed by atoms with van der Waals surface area (Å²) in [5, 5.41) is 0. The molecule has 0 spiro atoms. The quantitative estimate of drug-likeness (QED) is 0.484. The molecule has 0 atom stereocenters. The van der Waals surface area contributed by atoms with Gasteiger partial charge >= 0.3 is 0 Å². The lowest BCUT2D eigenvalue weighted by molar-refractivity contribution is 0.779. The molecule has 8 heavy (non-hydrogen) atoms. The second-order valence-corrected chi connectivity index (χ2v) is 2.69. The Balaban J connectivity index is 2.46. The monoisotopic (exact) mass is 108 g/mol. The summed E-state index contributed by atoms with van der Waals surface area (Å²) in [6.45, 7) is 6.56. The summed E-state index contributed by atoms with van der Waals surface area (Å²) in [6, 6.07) is 0. The van der Waals surface area contributed by atoms with Gasteiger partial charge in [-0.25, -0.2) is 0 Å². The van der Waals surface area contributed by atoms with Gasteiger partial charge < -0.3 is 0 Å². The van der Waals surface area contributed by atoms with E-state index in [1.807, 2.05) is 0 Å². The SMILES string of the molecule is CC1=CC(C(C)C)=C1. The van der Waals surface area contributed by atoms with Crippen LogP contribution < -0.4 is 0 Å². The van der Waals surface area contributed by atoms with E-state index in [4.69, 9.17) is 0 Å². The topological polar surface area (TPSA) is 0 Å². The molecule has 0 amide bonds. The van der Waals surface area contributed by atoms with Crippen molar-refractivity contribution in [1.29, 1.82) is 0 Å². The van der Waals surface area contributed by atoms with Crippen LogP contribution in [0.1, 0.15) is 20.8 Å². The second-order valence-electron chi connectivity index (χ2n) is 2.69. The summed E-state index contributed by atoms with van der Waals surface area (Å²) in [6.07, 6.45) is 4.48. The van der Waals surface area contributed by atoms with Crippen molar-refractivity contribution >= 4 is 0 Å². The molecule has 0 bridgehead atoms. The molecule has 0 unspecified atom stereocenters. The summed E-state index contributed by atoms with van der Waals surface area (Å²) in [4.78, 5) is 0. The number of rotatable bonds is 1. The summed E-state index contributed by atoms with van der Waals surface area (Å²) >= 11 is 0. The van der Waals surface area contributed by atoms with E-state index in [2.05, 4.69) is 32.9 Å². The first-order valence-corrected chi connectivity index (χ1v) is 3.10. The summed E-state index contributed by atoms with van der Waals surface area (Å²) in [7, 11) is 0. The van der Waals surface area contributed by atoms with Crippen LogP contribution in [0.2, 0.25) is 0 Å². The first kappa shape index (κ1) is 5.61. The largest absolute Gasteiger partial charge is 0.0587 e. The van der Waals surface area contributed by atoms with Gasteiger partial charge in [-0.2, -0.15) is 0 Å². The van der Waals surface area contributed by atoms with Crippen LogP contribution in [0.5, 0.6) is 0 Å². The minimum atomic E-state index is 0.721. The summed E-state index contributed by atoms with van der Waals surface area (Å²) in [5.74, 6) is 0.721. The van der Waals surface area contributed by atoms with E-state index in [1.54, 1.807) is 0 Å². The van der Waals surface area contributed by atoms with Crippen molar-refractivity contribution in [3.63, 3.8) is 0 Å². The van der Waals surface area contributed by atoms with E-state index in [1.165, 1.54) is 11.1 Å². The van der Waals surface area contributed by atoms with Crippen molar-refractivity contribution in [3.05, 3.63) is 23.3 Å². The molecule has 44 valence electrons. The van der Waals surface area contributed by atoms with Gasteiger partial charge in [-0.05, 0) is 18.4 Å². The molecule has 0 nitrogen and oxygen atoms in total. The lowest BCUT2D eigenvalue weighted by Gasteiger charge is -2.14. The van der Waals surface area contributed by atoms with Gasteiger partial charge in [0, 0.05) is 0 Å². The molecule has 0 saturated carbocycles. The highest BCUT2D eigenvalue weighted by Crippen LogP contribution is 2.23. The van der Waals surface area contributed by atoms with Gasteiger partial charge in [0.05, 0.1) is 0 Å². The molecule has 0 N–H and O–H groups in total. The number of hydrogen-bond acceptors (Lipinski definition) is 0. The smallest absolute Gasteiger partial charge is 0.0219 e. The zero-order chi connectivity index (χ0) is 6.15. The molecule has 0 aliphatic heterocycles. The van der Waals surface area contributed by atoms with Gasteiger partial charge in [-0.15, -0.1) is 0 Å². The van der Waals surface area contributed by atoms with Crippen molar-refractivity contribution in [1.82, 2.24) is 0 Å². The second kappa shape index (κ2) is 1.77. The summed E-state index contributed by atoms with van der Waals surface area (Å²) in [5.41, 5.74) is 2.90. The standard InChI is InChI=1S/C8H12/c1-6(2)8-4-7(3)5-8/h4-6H,1-3H3. The summed E-state index contributed by atoms with van der Waals surface area (Å²) < 4.78 is 0. The van der Waals surface area contributed by atoms with Crippen LogP contribution in [-0.2, 0) is 0 Å². The fourth-order valence-electron chi connectivity index (χ4n) is 0.846. The van der Waals surface area contributed by atoms with Crippen LogP contribution in [0.25, 0.3) is 0 Å². The Labute approximate surface area is 50.9 Å². The third kappa shape index (κ3) is 0.835. The van der Waals surface area contributed by atoms with Crippen molar-refractivity contribution in [2.75, 3.05) is 0 Å². The predicted molar refractivity (Wildman–Crippen MR) is 36.7 cm³/mol. The minimum absolute atomic E-state index is 0.721. The average molecular weight is 108 g/mol. The molecular weight excluding hydrogens is 96.1 g/mol. The van der Waals surface area contributed by atoms with Gasteiger partial charge in [0.15, 0.2) is 0 Å². The Morgan fingerprint density at radius 3 is 1.88 bits per heavy atom. The molecule has 1 aliphatic rings. The normalized spacial score (nSPS) is 17.5. The molecule has 0 fully saturated rings. The van der Waals surface area contributed by atoms with E-state index in [9.17, 15) is 0 Å². The maximum absolute atomic E-state index is 2.24. The average Bonchev–Trinajstić information content (AvgIpc) is 1.57. The molecule has 0 heteroatoms. The molecule has 0 heterocycles. The van der Waals surface area contributed by atoms with Crippen LogP contribution >= 0.6 is 0 Å². The number of allylic oxidation sites excluding steroid dienone is 4. The van der Waals surface area contributed by atoms with Crippen LogP contribution in [0.15, 0.2) is 23.3 Å². The molecule has 0 aromatic rings.